The summed E-state index contributed by atoms with van der Waals surface area (Å²) >= 11 is 2.97. The third-order valence-electron chi connectivity index (χ3n) is 5.78. The molecule has 2 aromatic rings. The van der Waals surface area contributed by atoms with Gasteiger partial charge in [-0.15, -0.1) is 11.3 Å². The number of sulfonamides is 1. The number of carbonyl (C=O) groups is 1. The predicted molar refractivity (Wildman–Crippen MR) is 127 cm³/mol. The highest BCUT2D eigenvalue weighted by atomic mass is 32.2. The van der Waals surface area contributed by atoms with E-state index in [0.29, 0.717) is 36.6 Å². The highest BCUT2D eigenvalue weighted by molar-refractivity contribution is 7.99. The molecule has 1 amide bonds. The van der Waals surface area contributed by atoms with Crippen LogP contribution in [0.1, 0.15) is 27.2 Å². The van der Waals surface area contributed by atoms with Gasteiger partial charge in [-0.2, -0.15) is 21.3 Å². The number of carbonyl (C=O) groups excluding carboxylic acids is 1. The summed E-state index contributed by atoms with van der Waals surface area (Å²) in [6.07, 6.45) is 0.832. The van der Waals surface area contributed by atoms with Crippen molar-refractivity contribution in [2.75, 3.05) is 50.8 Å². The standard InChI is InChI=1S/C22H26N4O3S3/c23-16-18-2-4-19(5-3-18)17-24-7-1-8-25(10-9-24)22(27)21-20(6-13-31-21)32(28,29)26-11-14-30-15-12-26/h2-6,13H,1,7-12,14-15,17H2. The third-order valence-corrected chi connectivity index (χ3v) is 9.69. The van der Waals surface area contributed by atoms with Crippen LogP contribution in [0.25, 0.3) is 0 Å². The number of thioether (sulfide) groups is 1. The van der Waals surface area contributed by atoms with E-state index in [4.69, 9.17) is 5.26 Å². The van der Waals surface area contributed by atoms with Gasteiger partial charge in [0.1, 0.15) is 9.77 Å². The van der Waals surface area contributed by atoms with E-state index in [2.05, 4.69) is 11.0 Å². The van der Waals surface area contributed by atoms with Gasteiger partial charge in [0.2, 0.25) is 10.0 Å². The van der Waals surface area contributed by atoms with E-state index in [1.807, 2.05) is 24.3 Å². The number of amides is 1. The van der Waals surface area contributed by atoms with E-state index in [0.717, 1.165) is 43.1 Å². The van der Waals surface area contributed by atoms with Gasteiger partial charge in [0, 0.05) is 57.3 Å². The fraction of sp³-hybridized carbons (Fsp3) is 0.455. The Bertz CT molecular complexity index is 1090. The maximum Gasteiger partial charge on any atom is 0.265 e. The monoisotopic (exact) mass is 490 g/mol. The van der Waals surface area contributed by atoms with Crippen molar-refractivity contribution < 1.29 is 13.2 Å². The maximum absolute atomic E-state index is 13.3. The quantitative estimate of drug-likeness (QED) is 0.641. The normalized spacial score (nSPS) is 18.8. The Morgan fingerprint density at radius 2 is 1.75 bits per heavy atom. The van der Waals surface area contributed by atoms with Crippen LogP contribution in [0.15, 0.2) is 40.6 Å². The van der Waals surface area contributed by atoms with Crippen molar-refractivity contribution in [3.05, 3.63) is 51.7 Å². The van der Waals surface area contributed by atoms with Crippen molar-refractivity contribution in [1.29, 1.82) is 5.26 Å². The van der Waals surface area contributed by atoms with Gasteiger partial charge in [0.25, 0.3) is 5.91 Å². The maximum atomic E-state index is 13.3. The van der Waals surface area contributed by atoms with E-state index in [1.165, 1.54) is 15.6 Å². The first-order valence-corrected chi connectivity index (χ1v) is 14.1. The smallest absolute Gasteiger partial charge is 0.265 e. The Morgan fingerprint density at radius 1 is 1.00 bits per heavy atom. The predicted octanol–water partition coefficient (Wildman–Crippen LogP) is 2.71. The van der Waals surface area contributed by atoms with Crippen LogP contribution in [0, 0.1) is 11.3 Å². The SMILES string of the molecule is N#Cc1ccc(CN2CCCN(C(=O)c3sccc3S(=O)(=O)N3CCSCC3)CC2)cc1. The molecule has 3 heterocycles. The number of benzene rings is 1. The van der Waals surface area contributed by atoms with Crippen LogP contribution in [0.2, 0.25) is 0 Å². The summed E-state index contributed by atoms with van der Waals surface area (Å²) in [5.41, 5.74) is 1.78. The zero-order chi connectivity index (χ0) is 22.6. The molecule has 1 aromatic carbocycles. The third kappa shape index (κ3) is 5.18. The molecular weight excluding hydrogens is 464 g/mol. The van der Waals surface area contributed by atoms with Crippen LogP contribution < -0.4 is 0 Å². The second-order valence-electron chi connectivity index (χ2n) is 7.86. The molecule has 0 unspecified atom stereocenters. The van der Waals surface area contributed by atoms with Gasteiger partial charge in [-0.05, 0) is 35.6 Å². The van der Waals surface area contributed by atoms with Crippen molar-refractivity contribution in [1.82, 2.24) is 14.1 Å². The van der Waals surface area contributed by atoms with Crippen molar-refractivity contribution in [2.24, 2.45) is 0 Å². The molecule has 32 heavy (non-hydrogen) atoms. The number of hydrogen-bond acceptors (Lipinski definition) is 7. The molecule has 0 bridgehead atoms. The largest absolute Gasteiger partial charge is 0.337 e. The van der Waals surface area contributed by atoms with Gasteiger partial charge in [-0.1, -0.05) is 12.1 Å². The molecule has 2 fully saturated rings. The van der Waals surface area contributed by atoms with Crippen LogP contribution in [-0.4, -0.2) is 79.2 Å². The van der Waals surface area contributed by atoms with Gasteiger partial charge in [-0.3, -0.25) is 9.69 Å². The van der Waals surface area contributed by atoms with Crippen LogP contribution in [-0.2, 0) is 16.6 Å². The summed E-state index contributed by atoms with van der Waals surface area (Å²) in [6.45, 7) is 4.51. The first kappa shape index (κ1) is 23.3. The number of hydrogen-bond donors (Lipinski definition) is 0. The first-order chi connectivity index (χ1) is 15.5. The molecule has 4 rings (SSSR count). The van der Waals surface area contributed by atoms with E-state index in [-0.39, 0.29) is 10.8 Å². The Kier molecular flexibility index (Phi) is 7.53. The Balaban J connectivity index is 1.42. The molecule has 2 saturated heterocycles. The topological polar surface area (TPSA) is 84.7 Å². The Morgan fingerprint density at radius 3 is 2.47 bits per heavy atom. The first-order valence-electron chi connectivity index (χ1n) is 10.6. The molecule has 10 heteroatoms. The summed E-state index contributed by atoms with van der Waals surface area (Å²) in [5, 5.41) is 10.7. The number of nitrogens with zero attached hydrogens (tertiary/aromatic N) is 4. The lowest BCUT2D eigenvalue weighted by Gasteiger charge is -2.26. The summed E-state index contributed by atoms with van der Waals surface area (Å²) in [7, 11) is -3.65. The van der Waals surface area contributed by atoms with Gasteiger partial charge >= 0.3 is 0 Å². The summed E-state index contributed by atoms with van der Waals surface area (Å²) in [4.78, 5) is 17.9. The minimum absolute atomic E-state index is 0.151. The molecule has 2 aliphatic rings. The molecule has 7 nitrogen and oxygen atoms in total. The molecule has 1 aromatic heterocycles. The second-order valence-corrected chi connectivity index (χ2v) is 11.9. The molecule has 0 atom stereocenters. The lowest BCUT2D eigenvalue weighted by atomic mass is 10.1. The van der Waals surface area contributed by atoms with Gasteiger partial charge < -0.3 is 4.90 Å². The molecule has 0 spiro atoms. The molecule has 0 radical (unpaired) electrons. The van der Waals surface area contributed by atoms with Crippen LogP contribution in [0.5, 0.6) is 0 Å². The van der Waals surface area contributed by atoms with Gasteiger partial charge in [0.05, 0.1) is 11.6 Å². The van der Waals surface area contributed by atoms with Gasteiger partial charge in [-0.25, -0.2) is 8.42 Å². The fourth-order valence-corrected chi connectivity index (χ4v) is 7.94. The Hall–Kier alpha value is -1.90. The van der Waals surface area contributed by atoms with Crippen molar-refractivity contribution in [3.63, 3.8) is 0 Å². The van der Waals surface area contributed by atoms with Crippen LogP contribution >= 0.6 is 23.1 Å². The molecule has 2 aliphatic heterocycles. The molecular formula is C22H26N4O3S3. The van der Waals surface area contributed by atoms with E-state index < -0.39 is 10.0 Å². The van der Waals surface area contributed by atoms with Crippen molar-refractivity contribution >= 4 is 39.0 Å². The average Bonchev–Trinajstić information content (AvgIpc) is 3.21. The highest BCUT2D eigenvalue weighted by Gasteiger charge is 2.33. The zero-order valence-corrected chi connectivity index (χ0v) is 20.2. The lowest BCUT2D eigenvalue weighted by Crippen LogP contribution is -2.39. The van der Waals surface area contributed by atoms with Gasteiger partial charge in [0.15, 0.2) is 0 Å². The number of nitriles is 1. The summed E-state index contributed by atoms with van der Waals surface area (Å²) in [6, 6.07) is 11.3. The van der Waals surface area contributed by atoms with Crippen molar-refractivity contribution in [2.45, 2.75) is 17.9 Å². The van der Waals surface area contributed by atoms with Crippen molar-refractivity contribution in [3.8, 4) is 6.07 Å². The van der Waals surface area contributed by atoms with Crippen LogP contribution in [0.3, 0.4) is 0 Å². The van der Waals surface area contributed by atoms with Crippen LogP contribution in [0.4, 0.5) is 0 Å². The minimum Gasteiger partial charge on any atom is -0.337 e. The Labute approximate surface area is 197 Å². The average molecular weight is 491 g/mol. The number of thiophene rings is 1. The summed E-state index contributed by atoms with van der Waals surface area (Å²) < 4.78 is 27.8. The number of rotatable bonds is 5. The zero-order valence-electron chi connectivity index (χ0n) is 17.8. The second kappa shape index (κ2) is 10.4. The highest BCUT2D eigenvalue weighted by Crippen LogP contribution is 2.28. The summed E-state index contributed by atoms with van der Waals surface area (Å²) in [5.74, 6) is 1.38. The molecule has 170 valence electrons. The van der Waals surface area contributed by atoms with E-state index >= 15 is 0 Å². The molecule has 0 aliphatic carbocycles. The van der Waals surface area contributed by atoms with E-state index in [9.17, 15) is 13.2 Å². The fourth-order valence-electron chi connectivity index (χ4n) is 4.00. The molecule has 0 N–H and O–H groups in total. The van der Waals surface area contributed by atoms with E-state index in [1.54, 1.807) is 28.1 Å². The molecule has 0 saturated carbocycles. The lowest BCUT2D eigenvalue weighted by molar-refractivity contribution is 0.0762. The minimum atomic E-state index is -3.65.